The second-order valence-electron chi connectivity index (χ2n) is 6.63. The third kappa shape index (κ3) is 3.04. The molecule has 1 N–H and O–H groups in total. The Kier molecular flexibility index (Phi) is 4.02. The maximum atomic E-state index is 12.5. The molecule has 7 nitrogen and oxygen atoms in total. The highest BCUT2D eigenvalue weighted by Gasteiger charge is 2.48. The van der Waals surface area contributed by atoms with E-state index in [0.29, 0.717) is 13.0 Å². The van der Waals surface area contributed by atoms with Crippen molar-refractivity contribution >= 4 is 6.03 Å². The largest absolute Gasteiger partial charge is 0.338 e. The Balaban J connectivity index is 1.60. The number of carbonyl (C=O) groups is 1. The summed E-state index contributed by atoms with van der Waals surface area (Å²) in [5.74, 6) is 0.758. The van der Waals surface area contributed by atoms with E-state index in [1.165, 1.54) is 5.56 Å². The van der Waals surface area contributed by atoms with Gasteiger partial charge < -0.3 is 10.2 Å². The molecule has 1 saturated heterocycles. The fourth-order valence-corrected chi connectivity index (χ4v) is 3.22. The molecule has 0 aliphatic carbocycles. The summed E-state index contributed by atoms with van der Waals surface area (Å²) in [7, 11) is 1.79. The number of tetrazole rings is 1. The Morgan fingerprint density at radius 2 is 2.09 bits per heavy atom. The monoisotopic (exact) mass is 314 g/mol. The van der Waals surface area contributed by atoms with E-state index >= 15 is 0 Å². The molecule has 1 aliphatic rings. The van der Waals surface area contributed by atoms with Crippen molar-refractivity contribution in [2.24, 2.45) is 12.5 Å². The lowest BCUT2D eigenvalue weighted by molar-refractivity contribution is -0.0163. The van der Waals surface area contributed by atoms with Crippen molar-refractivity contribution in [1.82, 2.24) is 30.4 Å². The van der Waals surface area contributed by atoms with Crippen LogP contribution >= 0.6 is 0 Å². The molecular formula is C16H22N6O. The number of rotatable bonds is 4. The minimum Gasteiger partial charge on any atom is -0.338 e. The number of hydrogen-bond donors (Lipinski definition) is 1. The highest BCUT2D eigenvalue weighted by molar-refractivity contribution is 5.76. The van der Waals surface area contributed by atoms with Crippen molar-refractivity contribution in [3.05, 3.63) is 41.7 Å². The molecule has 1 aliphatic heterocycles. The van der Waals surface area contributed by atoms with Crippen molar-refractivity contribution in [3.8, 4) is 0 Å². The van der Waals surface area contributed by atoms with Crippen LogP contribution in [0.2, 0.25) is 0 Å². The third-order valence-electron chi connectivity index (χ3n) is 4.34. The van der Waals surface area contributed by atoms with Crippen LogP contribution in [0.15, 0.2) is 30.3 Å². The van der Waals surface area contributed by atoms with Crippen LogP contribution in [-0.4, -0.2) is 44.2 Å². The smallest absolute Gasteiger partial charge is 0.317 e. The van der Waals surface area contributed by atoms with E-state index in [-0.39, 0.29) is 17.5 Å². The van der Waals surface area contributed by atoms with Gasteiger partial charge in [0.25, 0.3) is 0 Å². The fraction of sp³-hybridized carbons (Fsp3) is 0.500. The van der Waals surface area contributed by atoms with E-state index in [0.717, 1.165) is 12.4 Å². The van der Waals surface area contributed by atoms with Crippen LogP contribution in [0.25, 0.3) is 0 Å². The van der Waals surface area contributed by atoms with Gasteiger partial charge in [-0.15, -0.1) is 5.10 Å². The average molecular weight is 314 g/mol. The molecule has 2 amide bonds. The van der Waals surface area contributed by atoms with Gasteiger partial charge in [0.1, 0.15) is 0 Å². The van der Waals surface area contributed by atoms with Gasteiger partial charge in [-0.25, -0.2) is 9.48 Å². The maximum absolute atomic E-state index is 12.5. The Morgan fingerprint density at radius 3 is 2.70 bits per heavy atom. The fourth-order valence-electron chi connectivity index (χ4n) is 3.22. The van der Waals surface area contributed by atoms with Gasteiger partial charge in [0.05, 0.1) is 6.04 Å². The molecule has 2 aromatic rings. The van der Waals surface area contributed by atoms with Crippen LogP contribution in [0.5, 0.6) is 0 Å². The maximum Gasteiger partial charge on any atom is 0.317 e. The Bertz CT molecular complexity index is 681. The van der Waals surface area contributed by atoms with Crippen LogP contribution in [-0.2, 0) is 13.5 Å². The standard InChI is InChI=1S/C16H22N6O/c1-16(2)11-22(14(16)12-7-5-4-6-8-12)15(23)17-10-9-13-18-19-20-21(13)3/h4-8,14H,9-11H2,1-3H3,(H,17,23). The van der Waals surface area contributed by atoms with E-state index in [1.54, 1.807) is 11.7 Å². The van der Waals surface area contributed by atoms with Crippen molar-refractivity contribution < 1.29 is 4.79 Å². The van der Waals surface area contributed by atoms with Crippen LogP contribution in [0.3, 0.4) is 0 Å². The summed E-state index contributed by atoms with van der Waals surface area (Å²) >= 11 is 0. The van der Waals surface area contributed by atoms with E-state index in [4.69, 9.17) is 0 Å². The number of amides is 2. The number of urea groups is 1. The molecule has 2 heterocycles. The summed E-state index contributed by atoms with van der Waals surface area (Å²) in [6, 6.07) is 10.3. The van der Waals surface area contributed by atoms with Gasteiger partial charge in [-0.1, -0.05) is 44.2 Å². The molecule has 0 saturated carbocycles. The summed E-state index contributed by atoms with van der Waals surface area (Å²) < 4.78 is 1.62. The van der Waals surface area contributed by atoms with Crippen LogP contribution in [0.1, 0.15) is 31.3 Å². The topological polar surface area (TPSA) is 75.9 Å². The number of benzene rings is 1. The Morgan fingerprint density at radius 1 is 1.35 bits per heavy atom. The van der Waals surface area contributed by atoms with Gasteiger partial charge >= 0.3 is 6.03 Å². The number of likely N-dealkylation sites (tertiary alicyclic amines) is 1. The first-order valence-corrected chi connectivity index (χ1v) is 7.80. The molecule has 1 aromatic heterocycles. The molecule has 1 fully saturated rings. The quantitative estimate of drug-likeness (QED) is 0.929. The van der Waals surface area contributed by atoms with Gasteiger partial charge in [0, 0.05) is 32.0 Å². The van der Waals surface area contributed by atoms with Crippen molar-refractivity contribution in [2.45, 2.75) is 26.3 Å². The van der Waals surface area contributed by atoms with Crippen LogP contribution < -0.4 is 5.32 Å². The van der Waals surface area contributed by atoms with Gasteiger partial charge in [0.15, 0.2) is 5.82 Å². The zero-order valence-electron chi connectivity index (χ0n) is 13.7. The average Bonchev–Trinajstić information content (AvgIpc) is 2.91. The van der Waals surface area contributed by atoms with Crippen LogP contribution in [0, 0.1) is 5.41 Å². The van der Waals surface area contributed by atoms with E-state index < -0.39 is 0 Å². The number of aromatic nitrogens is 4. The van der Waals surface area contributed by atoms with Gasteiger partial charge in [0.2, 0.25) is 0 Å². The van der Waals surface area contributed by atoms with E-state index in [9.17, 15) is 4.79 Å². The molecule has 1 atom stereocenters. The molecule has 0 radical (unpaired) electrons. The number of nitrogens with zero attached hydrogens (tertiary/aromatic N) is 5. The molecular weight excluding hydrogens is 292 g/mol. The predicted octanol–water partition coefficient (Wildman–Crippen LogP) is 1.55. The van der Waals surface area contributed by atoms with Gasteiger partial charge in [-0.05, 0) is 16.0 Å². The Hall–Kier alpha value is -2.44. The molecule has 7 heteroatoms. The van der Waals surface area contributed by atoms with Crippen molar-refractivity contribution in [2.75, 3.05) is 13.1 Å². The molecule has 23 heavy (non-hydrogen) atoms. The molecule has 0 bridgehead atoms. The van der Waals surface area contributed by atoms with Crippen molar-refractivity contribution in [3.63, 3.8) is 0 Å². The minimum absolute atomic E-state index is 0.0340. The molecule has 1 unspecified atom stereocenters. The zero-order chi connectivity index (χ0) is 16.4. The lowest BCUT2D eigenvalue weighted by Crippen LogP contribution is -2.60. The lowest BCUT2D eigenvalue weighted by atomic mass is 9.72. The number of nitrogens with one attached hydrogen (secondary N) is 1. The van der Waals surface area contributed by atoms with E-state index in [1.807, 2.05) is 23.1 Å². The predicted molar refractivity (Wildman–Crippen MR) is 85.6 cm³/mol. The number of hydrogen-bond acceptors (Lipinski definition) is 4. The highest BCUT2D eigenvalue weighted by Crippen LogP contribution is 2.48. The molecule has 122 valence electrons. The molecule has 3 rings (SSSR count). The third-order valence-corrected chi connectivity index (χ3v) is 4.34. The normalized spacial score (nSPS) is 19.3. The zero-order valence-corrected chi connectivity index (χ0v) is 13.7. The first-order chi connectivity index (χ1) is 11.0. The van der Waals surface area contributed by atoms with E-state index in [2.05, 4.69) is 46.8 Å². The number of carbonyl (C=O) groups excluding carboxylic acids is 1. The Labute approximate surface area is 135 Å². The van der Waals surface area contributed by atoms with Crippen LogP contribution in [0.4, 0.5) is 4.79 Å². The van der Waals surface area contributed by atoms with Crippen molar-refractivity contribution in [1.29, 1.82) is 0 Å². The number of aryl methyl sites for hydroxylation is 1. The summed E-state index contributed by atoms with van der Waals surface area (Å²) in [4.78, 5) is 14.4. The van der Waals surface area contributed by atoms with Gasteiger partial charge in [-0.3, -0.25) is 0 Å². The SMILES string of the molecule is Cn1nnnc1CCNC(=O)N1CC(C)(C)C1c1ccccc1. The summed E-state index contributed by atoms with van der Waals surface area (Å²) in [5, 5.41) is 14.3. The second-order valence-corrected chi connectivity index (χ2v) is 6.63. The summed E-state index contributed by atoms with van der Waals surface area (Å²) in [5.41, 5.74) is 1.27. The van der Waals surface area contributed by atoms with Gasteiger partial charge in [-0.2, -0.15) is 0 Å². The lowest BCUT2D eigenvalue weighted by Gasteiger charge is -2.54. The molecule has 1 aromatic carbocycles. The summed E-state index contributed by atoms with van der Waals surface area (Å²) in [6.07, 6.45) is 0.614. The first kappa shape index (κ1) is 15.5. The molecule has 0 spiro atoms. The summed E-state index contributed by atoms with van der Waals surface area (Å²) in [6.45, 7) is 5.66. The first-order valence-electron chi connectivity index (χ1n) is 7.80. The second kappa shape index (κ2) is 5.98. The minimum atomic E-state index is -0.0340. The highest BCUT2D eigenvalue weighted by atomic mass is 16.2.